The quantitative estimate of drug-likeness (QED) is 0.206. The smallest absolute Gasteiger partial charge is 0.391 e. The van der Waals surface area contributed by atoms with Gasteiger partial charge in [0.05, 0.1) is 17.1 Å². The van der Waals surface area contributed by atoms with Crippen LogP contribution in [0.1, 0.15) is 55.1 Å². The van der Waals surface area contributed by atoms with Crippen molar-refractivity contribution in [3.05, 3.63) is 135 Å². The number of H-pyrrole nitrogens is 2. The molecule has 0 saturated carbocycles. The fourth-order valence-corrected chi connectivity index (χ4v) is 5.73. The molecule has 2 heterocycles. The Morgan fingerprint density at radius 3 is 2.61 bits per heavy atom. The monoisotopic (exact) mass is 565 g/mol. The molecule has 3 aromatic carbocycles. The molecule has 0 fully saturated rings. The number of nitrogens with zero attached hydrogens (tertiary/aromatic N) is 2. The van der Waals surface area contributed by atoms with Crippen molar-refractivity contribution in [1.82, 2.24) is 25.5 Å². The van der Waals surface area contributed by atoms with E-state index in [-0.39, 0.29) is 24.3 Å². The zero-order valence-corrected chi connectivity index (χ0v) is 23.1. The standard InChI is InChI=1S/C32H28ClN5O3/c1-2-9-25(20-10-4-3-5-11-20)34-28(39)22-16-17-24(21-12-8-13-23(33)18-21)32(19-22,30-37-38-31(40)41-30)29-35-26-14-6-7-15-27(26)36-29/h3-8,10-18,25H,2,9,19H2,1H3,(H,34,39)(H,35,36)(H,38,40). The molecule has 206 valence electrons. The van der Waals surface area contributed by atoms with Crippen molar-refractivity contribution in [2.24, 2.45) is 0 Å². The average molecular weight is 566 g/mol. The van der Waals surface area contributed by atoms with Crippen molar-refractivity contribution in [1.29, 1.82) is 0 Å². The Morgan fingerprint density at radius 1 is 1.07 bits per heavy atom. The molecule has 3 N–H and O–H groups in total. The van der Waals surface area contributed by atoms with E-state index in [9.17, 15) is 9.59 Å². The predicted molar refractivity (Wildman–Crippen MR) is 158 cm³/mol. The van der Waals surface area contributed by atoms with Crippen LogP contribution in [0.2, 0.25) is 5.02 Å². The normalized spacial score (nSPS) is 17.6. The van der Waals surface area contributed by atoms with E-state index in [4.69, 9.17) is 21.0 Å². The van der Waals surface area contributed by atoms with Gasteiger partial charge in [-0.05, 0) is 47.4 Å². The number of aromatic nitrogens is 4. The van der Waals surface area contributed by atoms with Crippen LogP contribution in [0.4, 0.5) is 0 Å². The summed E-state index contributed by atoms with van der Waals surface area (Å²) in [5.74, 6) is -0.327. The summed E-state index contributed by atoms with van der Waals surface area (Å²) in [7, 11) is 0. The Morgan fingerprint density at radius 2 is 1.88 bits per heavy atom. The second-order valence-corrected chi connectivity index (χ2v) is 10.5. The number of fused-ring (bicyclic) bond motifs is 1. The topological polar surface area (TPSA) is 117 Å². The first-order chi connectivity index (χ1) is 20.0. The van der Waals surface area contributed by atoms with Crippen LogP contribution < -0.4 is 11.1 Å². The number of hydrogen-bond acceptors (Lipinski definition) is 5. The Labute approximate surface area is 241 Å². The van der Waals surface area contributed by atoms with Gasteiger partial charge in [-0.15, -0.1) is 5.10 Å². The summed E-state index contributed by atoms with van der Waals surface area (Å²) in [6.45, 7) is 2.09. The molecule has 2 unspecified atom stereocenters. The molecule has 1 amide bonds. The van der Waals surface area contributed by atoms with Crippen LogP contribution in [0.3, 0.4) is 0 Å². The van der Waals surface area contributed by atoms with Crippen LogP contribution in [0.25, 0.3) is 16.6 Å². The number of hydrogen-bond donors (Lipinski definition) is 3. The van der Waals surface area contributed by atoms with E-state index in [2.05, 4.69) is 27.4 Å². The number of carbonyl (C=O) groups is 1. The number of halogens is 1. The molecule has 0 radical (unpaired) electrons. The highest BCUT2D eigenvalue weighted by atomic mass is 35.5. The van der Waals surface area contributed by atoms with Crippen molar-refractivity contribution in [3.8, 4) is 0 Å². The van der Waals surface area contributed by atoms with Gasteiger partial charge in [0.25, 0.3) is 0 Å². The van der Waals surface area contributed by atoms with Gasteiger partial charge in [0.15, 0.2) is 0 Å². The molecule has 41 heavy (non-hydrogen) atoms. The molecule has 1 aliphatic carbocycles. The van der Waals surface area contributed by atoms with E-state index in [1.165, 1.54) is 0 Å². The lowest BCUT2D eigenvalue weighted by molar-refractivity contribution is -0.118. The van der Waals surface area contributed by atoms with Crippen molar-refractivity contribution in [3.63, 3.8) is 0 Å². The van der Waals surface area contributed by atoms with E-state index in [1.807, 2.05) is 84.9 Å². The number of para-hydroxylation sites is 2. The summed E-state index contributed by atoms with van der Waals surface area (Å²) >= 11 is 6.42. The van der Waals surface area contributed by atoms with Gasteiger partial charge in [0.1, 0.15) is 11.2 Å². The molecule has 0 aliphatic heterocycles. The SMILES string of the molecule is CCCC(NC(=O)C1=CC=C(c2cccc(Cl)c2)C(c2nc3ccccc3[nH]2)(c2n[nH]c(=O)o2)C1)c1ccccc1. The second-order valence-electron chi connectivity index (χ2n) is 10.1. The van der Waals surface area contributed by atoms with Gasteiger partial charge in [-0.3, -0.25) is 4.79 Å². The minimum absolute atomic E-state index is 0.0966. The predicted octanol–water partition coefficient (Wildman–Crippen LogP) is 6.25. The number of amides is 1. The number of carbonyl (C=O) groups excluding carboxylic acids is 1. The summed E-state index contributed by atoms with van der Waals surface area (Å²) in [4.78, 5) is 34.6. The first kappa shape index (κ1) is 26.5. The number of benzene rings is 3. The highest BCUT2D eigenvalue weighted by Crippen LogP contribution is 2.49. The van der Waals surface area contributed by atoms with Crippen molar-refractivity contribution < 1.29 is 9.21 Å². The van der Waals surface area contributed by atoms with E-state index < -0.39 is 11.2 Å². The molecular weight excluding hydrogens is 538 g/mol. The Balaban J connectivity index is 1.51. The third kappa shape index (κ3) is 5.02. The number of imidazole rings is 1. The molecule has 8 nitrogen and oxygen atoms in total. The third-order valence-electron chi connectivity index (χ3n) is 7.48. The van der Waals surface area contributed by atoms with Crippen LogP contribution in [0.5, 0.6) is 0 Å². The van der Waals surface area contributed by atoms with Gasteiger partial charge < -0.3 is 14.7 Å². The molecule has 1 aliphatic rings. The molecule has 9 heteroatoms. The molecule has 2 atom stereocenters. The molecular formula is C32H28ClN5O3. The maximum Gasteiger partial charge on any atom is 0.434 e. The van der Waals surface area contributed by atoms with Gasteiger partial charge in [0, 0.05) is 17.0 Å². The van der Waals surface area contributed by atoms with Crippen molar-refractivity contribution >= 4 is 34.1 Å². The largest absolute Gasteiger partial charge is 0.434 e. The lowest BCUT2D eigenvalue weighted by Gasteiger charge is -2.35. The first-order valence-corrected chi connectivity index (χ1v) is 13.9. The maximum absolute atomic E-state index is 13.9. The van der Waals surface area contributed by atoms with E-state index in [1.54, 1.807) is 6.07 Å². The summed E-state index contributed by atoms with van der Waals surface area (Å²) in [6, 6.07) is 24.8. The molecule has 0 bridgehead atoms. The van der Waals surface area contributed by atoms with Gasteiger partial charge in [-0.25, -0.2) is 14.9 Å². The van der Waals surface area contributed by atoms with Crippen molar-refractivity contribution in [2.75, 3.05) is 0 Å². The van der Waals surface area contributed by atoms with Crippen LogP contribution in [-0.2, 0) is 10.2 Å². The zero-order chi connectivity index (χ0) is 28.4. The molecule has 5 aromatic rings. The molecule has 2 aromatic heterocycles. The Bertz CT molecular complexity index is 1800. The highest BCUT2D eigenvalue weighted by molar-refractivity contribution is 6.30. The van der Waals surface area contributed by atoms with E-state index in [0.717, 1.165) is 40.6 Å². The number of nitrogens with one attached hydrogen (secondary N) is 3. The van der Waals surface area contributed by atoms with E-state index in [0.29, 0.717) is 16.4 Å². The summed E-state index contributed by atoms with van der Waals surface area (Å²) in [6.07, 6.45) is 5.50. The molecule has 0 saturated heterocycles. The highest BCUT2D eigenvalue weighted by Gasteiger charge is 2.49. The lowest BCUT2D eigenvalue weighted by atomic mass is 9.68. The Hall–Kier alpha value is -4.69. The minimum atomic E-state index is -1.24. The van der Waals surface area contributed by atoms with Crippen LogP contribution in [0.15, 0.2) is 106 Å². The fraction of sp³-hybridized carbons (Fsp3) is 0.188. The van der Waals surface area contributed by atoms with Crippen LogP contribution >= 0.6 is 11.6 Å². The summed E-state index contributed by atoms with van der Waals surface area (Å²) in [5, 5.41) is 10.5. The van der Waals surface area contributed by atoms with E-state index >= 15 is 0 Å². The molecule has 0 spiro atoms. The zero-order valence-electron chi connectivity index (χ0n) is 22.4. The fourth-order valence-electron chi connectivity index (χ4n) is 5.54. The van der Waals surface area contributed by atoms with Gasteiger partial charge >= 0.3 is 5.76 Å². The number of rotatable bonds is 8. The molecule has 6 rings (SSSR count). The van der Waals surface area contributed by atoms with Gasteiger partial charge in [-0.2, -0.15) is 0 Å². The minimum Gasteiger partial charge on any atom is -0.391 e. The lowest BCUT2D eigenvalue weighted by Crippen LogP contribution is -2.38. The summed E-state index contributed by atoms with van der Waals surface area (Å²) < 4.78 is 5.66. The average Bonchev–Trinajstić information content (AvgIpc) is 3.64. The summed E-state index contributed by atoms with van der Waals surface area (Å²) in [5.41, 5.74) is 3.36. The number of allylic oxidation sites excluding steroid dienone is 3. The second kappa shape index (κ2) is 11.1. The van der Waals surface area contributed by atoms with Crippen molar-refractivity contribution in [2.45, 2.75) is 37.6 Å². The maximum atomic E-state index is 13.9. The first-order valence-electron chi connectivity index (χ1n) is 13.5. The Kier molecular flexibility index (Phi) is 7.15. The van der Waals surface area contributed by atoms with Gasteiger partial charge in [0.2, 0.25) is 11.8 Å². The number of aromatic amines is 2. The third-order valence-corrected chi connectivity index (χ3v) is 7.71. The van der Waals surface area contributed by atoms with Crippen LogP contribution in [-0.4, -0.2) is 26.1 Å². The van der Waals surface area contributed by atoms with Crippen LogP contribution in [0, 0.1) is 0 Å². The van der Waals surface area contributed by atoms with Gasteiger partial charge in [-0.1, -0.05) is 91.7 Å².